The molecule has 1 aromatic heterocycles. The van der Waals surface area contributed by atoms with Crippen molar-refractivity contribution in [2.45, 2.75) is 9.79 Å². The highest BCUT2D eigenvalue weighted by Gasteiger charge is 2.09. The quantitative estimate of drug-likeness (QED) is 0.574. The molecule has 4 heteroatoms. The number of benzene rings is 1. The van der Waals surface area contributed by atoms with Gasteiger partial charge in [-0.1, -0.05) is 0 Å². The van der Waals surface area contributed by atoms with E-state index in [1.54, 1.807) is 29.2 Å². The number of phenols is 1. The SMILES string of the molecule is CSc1csc2ccc(O)c(S)c12. The number of hydrogen-bond acceptors (Lipinski definition) is 4. The molecular formula is C9H8OS3. The van der Waals surface area contributed by atoms with Crippen molar-refractivity contribution in [2.75, 3.05) is 6.26 Å². The standard InChI is InChI=1S/C9H8OS3/c1-12-7-4-13-6-3-2-5(10)9(11)8(6)7/h2-4,10-11H,1H3. The monoisotopic (exact) mass is 228 g/mol. The van der Waals surface area contributed by atoms with Crippen LogP contribution in [0, 0.1) is 0 Å². The van der Waals surface area contributed by atoms with Gasteiger partial charge in [-0.3, -0.25) is 0 Å². The number of thioether (sulfide) groups is 1. The molecule has 0 amide bonds. The van der Waals surface area contributed by atoms with Crippen LogP contribution in [0.5, 0.6) is 5.75 Å². The fourth-order valence-electron chi connectivity index (χ4n) is 1.22. The maximum atomic E-state index is 9.47. The van der Waals surface area contributed by atoms with Gasteiger partial charge in [-0.05, 0) is 18.4 Å². The van der Waals surface area contributed by atoms with E-state index in [0.29, 0.717) is 4.90 Å². The molecule has 2 aromatic rings. The maximum absolute atomic E-state index is 9.47. The van der Waals surface area contributed by atoms with Crippen molar-refractivity contribution in [1.82, 2.24) is 0 Å². The molecule has 1 heterocycles. The van der Waals surface area contributed by atoms with E-state index in [9.17, 15) is 5.11 Å². The summed E-state index contributed by atoms with van der Waals surface area (Å²) < 4.78 is 1.17. The summed E-state index contributed by atoms with van der Waals surface area (Å²) in [7, 11) is 0. The topological polar surface area (TPSA) is 20.2 Å². The Morgan fingerprint density at radius 3 is 2.92 bits per heavy atom. The number of phenolic OH excluding ortho intramolecular Hbond substituents is 1. The highest BCUT2D eigenvalue weighted by atomic mass is 32.2. The van der Waals surface area contributed by atoms with E-state index >= 15 is 0 Å². The lowest BCUT2D eigenvalue weighted by atomic mass is 10.2. The molecule has 68 valence electrons. The molecule has 0 spiro atoms. The number of aromatic hydroxyl groups is 1. The molecule has 0 unspecified atom stereocenters. The largest absolute Gasteiger partial charge is 0.507 e. The molecule has 0 atom stereocenters. The van der Waals surface area contributed by atoms with Crippen molar-refractivity contribution >= 4 is 45.8 Å². The van der Waals surface area contributed by atoms with Crippen LogP contribution >= 0.6 is 35.7 Å². The van der Waals surface area contributed by atoms with Crippen LogP contribution in [-0.2, 0) is 0 Å². The molecule has 2 rings (SSSR count). The summed E-state index contributed by atoms with van der Waals surface area (Å²) in [5, 5.41) is 12.6. The highest BCUT2D eigenvalue weighted by molar-refractivity contribution is 7.99. The average Bonchev–Trinajstić information content (AvgIpc) is 2.55. The summed E-state index contributed by atoms with van der Waals surface area (Å²) in [6.07, 6.45) is 2.03. The van der Waals surface area contributed by atoms with Gasteiger partial charge in [0.05, 0.1) is 4.90 Å². The second-order valence-electron chi connectivity index (χ2n) is 2.61. The number of fused-ring (bicyclic) bond motifs is 1. The van der Waals surface area contributed by atoms with Gasteiger partial charge >= 0.3 is 0 Å². The molecule has 0 saturated carbocycles. The molecular weight excluding hydrogens is 220 g/mol. The van der Waals surface area contributed by atoms with Gasteiger partial charge in [-0.25, -0.2) is 0 Å². The zero-order valence-electron chi connectivity index (χ0n) is 6.94. The molecule has 0 saturated heterocycles. The first-order valence-electron chi connectivity index (χ1n) is 3.70. The molecule has 0 radical (unpaired) electrons. The predicted molar refractivity (Wildman–Crippen MR) is 62.5 cm³/mol. The van der Waals surface area contributed by atoms with Crippen LogP contribution in [0.25, 0.3) is 10.1 Å². The minimum Gasteiger partial charge on any atom is -0.507 e. The van der Waals surface area contributed by atoms with Crippen LogP contribution in [0.15, 0.2) is 27.3 Å². The minimum absolute atomic E-state index is 0.254. The first-order chi connectivity index (χ1) is 6.24. The lowest BCUT2D eigenvalue weighted by Crippen LogP contribution is -1.72. The summed E-state index contributed by atoms with van der Waals surface area (Å²) in [4.78, 5) is 1.86. The molecule has 13 heavy (non-hydrogen) atoms. The first-order valence-corrected chi connectivity index (χ1v) is 6.25. The predicted octanol–water partition coefficient (Wildman–Crippen LogP) is 3.62. The molecule has 0 aliphatic carbocycles. The molecule has 0 fully saturated rings. The van der Waals surface area contributed by atoms with Gasteiger partial charge in [0, 0.05) is 20.4 Å². The van der Waals surface area contributed by atoms with Crippen molar-refractivity contribution in [2.24, 2.45) is 0 Å². The fraction of sp³-hybridized carbons (Fsp3) is 0.111. The van der Waals surface area contributed by atoms with E-state index in [1.165, 1.54) is 9.60 Å². The third-order valence-electron chi connectivity index (χ3n) is 1.88. The van der Waals surface area contributed by atoms with E-state index in [0.717, 1.165) is 5.39 Å². The lowest BCUT2D eigenvalue weighted by molar-refractivity contribution is 0.464. The Morgan fingerprint density at radius 1 is 1.46 bits per heavy atom. The van der Waals surface area contributed by atoms with E-state index in [4.69, 9.17) is 0 Å². The molecule has 1 nitrogen and oxygen atoms in total. The summed E-state index contributed by atoms with van der Waals surface area (Å²) in [6, 6.07) is 3.61. The lowest BCUT2D eigenvalue weighted by Gasteiger charge is -2.00. The van der Waals surface area contributed by atoms with Crippen LogP contribution in [0.1, 0.15) is 0 Å². The summed E-state index contributed by atoms with van der Waals surface area (Å²) in [6.45, 7) is 0. The zero-order valence-corrected chi connectivity index (χ0v) is 9.47. The van der Waals surface area contributed by atoms with Crippen molar-refractivity contribution in [1.29, 1.82) is 0 Å². The van der Waals surface area contributed by atoms with Crippen LogP contribution in [0.3, 0.4) is 0 Å². The highest BCUT2D eigenvalue weighted by Crippen LogP contribution is 2.39. The maximum Gasteiger partial charge on any atom is 0.129 e. The van der Waals surface area contributed by atoms with E-state index in [-0.39, 0.29) is 5.75 Å². The Balaban J connectivity index is 2.85. The van der Waals surface area contributed by atoms with E-state index in [1.807, 2.05) is 12.3 Å². The third-order valence-corrected chi connectivity index (χ3v) is 4.19. The van der Waals surface area contributed by atoms with Crippen molar-refractivity contribution < 1.29 is 5.11 Å². The third kappa shape index (κ3) is 1.43. The second kappa shape index (κ2) is 3.44. The Labute approximate surface area is 90.2 Å². The van der Waals surface area contributed by atoms with Gasteiger partial charge in [-0.2, -0.15) is 0 Å². The van der Waals surface area contributed by atoms with Crippen LogP contribution in [0.4, 0.5) is 0 Å². The van der Waals surface area contributed by atoms with Crippen molar-refractivity contribution in [3.8, 4) is 5.75 Å². The molecule has 0 aliphatic rings. The fourth-order valence-corrected chi connectivity index (χ4v) is 3.53. The molecule has 1 aromatic carbocycles. The van der Waals surface area contributed by atoms with Crippen LogP contribution < -0.4 is 0 Å². The Morgan fingerprint density at radius 2 is 2.23 bits per heavy atom. The van der Waals surface area contributed by atoms with Gasteiger partial charge < -0.3 is 5.11 Å². The van der Waals surface area contributed by atoms with Crippen molar-refractivity contribution in [3.05, 3.63) is 17.5 Å². The molecule has 0 bridgehead atoms. The molecule has 0 aliphatic heterocycles. The van der Waals surface area contributed by atoms with Gasteiger partial charge in [0.15, 0.2) is 0 Å². The second-order valence-corrected chi connectivity index (χ2v) is 4.82. The summed E-state index contributed by atoms with van der Waals surface area (Å²) in [5.41, 5.74) is 0. The smallest absolute Gasteiger partial charge is 0.129 e. The van der Waals surface area contributed by atoms with Gasteiger partial charge in [0.25, 0.3) is 0 Å². The van der Waals surface area contributed by atoms with E-state index < -0.39 is 0 Å². The number of thiol groups is 1. The van der Waals surface area contributed by atoms with Crippen molar-refractivity contribution in [3.63, 3.8) is 0 Å². The van der Waals surface area contributed by atoms with Gasteiger partial charge in [0.1, 0.15) is 5.75 Å². The van der Waals surface area contributed by atoms with Gasteiger partial charge in [-0.15, -0.1) is 35.7 Å². The average molecular weight is 228 g/mol. The molecule has 1 N–H and O–H groups in total. The van der Waals surface area contributed by atoms with E-state index in [2.05, 4.69) is 18.0 Å². The number of hydrogen-bond donors (Lipinski definition) is 2. The first kappa shape index (κ1) is 9.24. The van der Waals surface area contributed by atoms with Crippen LogP contribution in [0.2, 0.25) is 0 Å². The Kier molecular flexibility index (Phi) is 2.45. The number of thiophene rings is 1. The van der Waals surface area contributed by atoms with Crippen LogP contribution in [-0.4, -0.2) is 11.4 Å². The minimum atomic E-state index is 0.254. The normalized spacial score (nSPS) is 10.9. The Hall–Kier alpha value is -0.320. The summed E-state index contributed by atoms with van der Waals surface area (Å²) in [5.74, 6) is 0.254. The zero-order chi connectivity index (χ0) is 9.42. The summed E-state index contributed by atoms with van der Waals surface area (Å²) >= 11 is 7.66. The Bertz CT molecular complexity index is 447. The number of rotatable bonds is 1. The van der Waals surface area contributed by atoms with Gasteiger partial charge in [0.2, 0.25) is 0 Å².